The summed E-state index contributed by atoms with van der Waals surface area (Å²) in [6, 6.07) is 12.6. The van der Waals surface area contributed by atoms with E-state index in [0.717, 1.165) is 22.2 Å². The number of phenols is 1. The molecule has 0 spiro atoms. The quantitative estimate of drug-likeness (QED) is 0.557. The monoisotopic (exact) mass is 225 g/mol. The molecule has 0 fully saturated rings. The van der Waals surface area contributed by atoms with Crippen molar-refractivity contribution in [3.63, 3.8) is 0 Å². The number of hydrogen-bond acceptors (Lipinski definition) is 3. The van der Waals surface area contributed by atoms with E-state index in [1.54, 1.807) is 12.1 Å². The van der Waals surface area contributed by atoms with Gasteiger partial charge in [-0.05, 0) is 30.3 Å². The van der Waals surface area contributed by atoms with Crippen LogP contribution in [0.15, 0.2) is 42.5 Å². The number of aromatic amines is 1. The van der Waals surface area contributed by atoms with Crippen molar-refractivity contribution in [1.29, 1.82) is 0 Å². The summed E-state index contributed by atoms with van der Waals surface area (Å²) in [6.07, 6.45) is 0. The Morgan fingerprint density at radius 3 is 2.59 bits per heavy atom. The molecule has 84 valence electrons. The van der Waals surface area contributed by atoms with Crippen LogP contribution in [0.5, 0.6) is 5.75 Å². The minimum absolute atomic E-state index is 0.244. The van der Waals surface area contributed by atoms with Gasteiger partial charge in [0.25, 0.3) is 0 Å². The number of hydrogen-bond donors (Lipinski definition) is 3. The van der Waals surface area contributed by atoms with Gasteiger partial charge in [0.2, 0.25) is 0 Å². The van der Waals surface area contributed by atoms with Gasteiger partial charge in [-0.1, -0.05) is 12.1 Å². The van der Waals surface area contributed by atoms with Crippen molar-refractivity contribution in [2.75, 3.05) is 5.73 Å². The van der Waals surface area contributed by atoms with Gasteiger partial charge in [0, 0.05) is 10.9 Å². The van der Waals surface area contributed by atoms with E-state index in [4.69, 9.17) is 5.73 Å². The first kappa shape index (κ1) is 9.72. The zero-order chi connectivity index (χ0) is 11.8. The molecule has 17 heavy (non-hydrogen) atoms. The van der Waals surface area contributed by atoms with E-state index in [1.807, 2.05) is 30.3 Å². The molecule has 4 N–H and O–H groups in total. The van der Waals surface area contributed by atoms with Crippen molar-refractivity contribution in [2.24, 2.45) is 0 Å². The van der Waals surface area contributed by atoms with Gasteiger partial charge < -0.3 is 10.8 Å². The number of aromatic hydroxyl groups is 1. The van der Waals surface area contributed by atoms with E-state index in [9.17, 15) is 5.11 Å². The zero-order valence-corrected chi connectivity index (χ0v) is 9.01. The lowest BCUT2D eigenvalue weighted by Gasteiger charge is -1.99. The van der Waals surface area contributed by atoms with Crippen LogP contribution in [0.1, 0.15) is 0 Å². The molecule has 0 aliphatic rings. The van der Waals surface area contributed by atoms with E-state index < -0.39 is 0 Å². The Bertz CT molecular complexity index is 671. The third kappa shape index (κ3) is 1.50. The molecule has 2 aromatic carbocycles. The Morgan fingerprint density at radius 2 is 1.82 bits per heavy atom. The van der Waals surface area contributed by atoms with Crippen LogP contribution < -0.4 is 5.73 Å². The van der Waals surface area contributed by atoms with Gasteiger partial charge in [-0.25, -0.2) is 0 Å². The molecule has 0 aliphatic heterocycles. The standard InChI is InChI=1S/C13H11N3O/c14-11-3-1-2-10-12(15-16-13(10)11)8-4-6-9(17)7-5-8/h1-7,17H,14H2,(H,15,16). The van der Waals surface area contributed by atoms with E-state index >= 15 is 0 Å². The van der Waals surface area contributed by atoms with Crippen molar-refractivity contribution < 1.29 is 5.11 Å². The number of nitrogens with one attached hydrogen (secondary N) is 1. The first-order valence-electron chi connectivity index (χ1n) is 5.27. The number of rotatable bonds is 1. The molecular formula is C13H11N3O. The van der Waals surface area contributed by atoms with Gasteiger partial charge in [-0.15, -0.1) is 0 Å². The molecule has 0 bridgehead atoms. The number of H-pyrrole nitrogens is 1. The third-order valence-corrected chi connectivity index (χ3v) is 2.77. The molecule has 0 radical (unpaired) electrons. The first-order valence-corrected chi connectivity index (χ1v) is 5.27. The predicted molar refractivity (Wildman–Crippen MR) is 67.6 cm³/mol. The van der Waals surface area contributed by atoms with Gasteiger partial charge in [0.05, 0.1) is 16.9 Å². The largest absolute Gasteiger partial charge is 0.508 e. The van der Waals surface area contributed by atoms with Crippen LogP contribution in [-0.2, 0) is 0 Å². The van der Waals surface area contributed by atoms with Crippen LogP contribution in [0.2, 0.25) is 0 Å². The molecule has 0 unspecified atom stereocenters. The maximum absolute atomic E-state index is 9.26. The van der Waals surface area contributed by atoms with Gasteiger partial charge in [-0.3, -0.25) is 5.10 Å². The molecule has 4 nitrogen and oxygen atoms in total. The molecule has 0 atom stereocenters. The average molecular weight is 225 g/mol. The molecular weight excluding hydrogens is 214 g/mol. The Hall–Kier alpha value is -2.49. The van der Waals surface area contributed by atoms with Gasteiger partial charge in [-0.2, -0.15) is 5.10 Å². The molecule has 3 rings (SSSR count). The Kier molecular flexibility index (Phi) is 2.01. The van der Waals surface area contributed by atoms with Crippen LogP contribution in [0.25, 0.3) is 22.2 Å². The highest BCUT2D eigenvalue weighted by Gasteiger charge is 2.09. The lowest BCUT2D eigenvalue weighted by molar-refractivity contribution is 0.475. The Balaban J connectivity index is 2.24. The molecule has 0 saturated carbocycles. The molecule has 0 amide bonds. The van der Waals surface area contributed by atoms with Crippen LogP contribution in [0.4, 0.5) is 5.69 Å². The SMILES string of the molecule is Nc1cccc2c(-c3ccc(O)cc3)n[nH]c12. The molecule has 1 heterocycles. The zero-order valence-electron chi connectivity index (χ0n) is 9.01. The number of anilines is 1. The van der Waals surface area contributed by atoms with Crippen molar-refractivity contribution in [3.05, 3.63) is 42.5 Å². The smallest absolute Gasteiger partial charge is 0.115 e. The van der Waals surface area contributed by atoms with Crippen molar-refractivity contribution >= 4 is 16.6 Å². The molecule has 4 heteroatoms. The summed E-state index contributed by atoms with van der Waals surface area (Å²) in [5.74, 6) is 0.244. The summed E-state index contributed by atoms with van der Waals surface area (Å²) in [7, 11) is 0. The van der Waals surface area contributed by atoms with Crippen LogP contribution >= 0.6 is 0 Å². The van der Waals surface area contributed by atoms with Gasteiger partial charge >= 0.3 is 0 Å². The number of para-hydroxylation sites is 1. The van der Waals surface area contributed by atoms with Crippen LogP contribution in [0.3, 0.4) is 0 Å². The van der Waals surface area contributed by atoms with E-state index in [-0.39, 0.29) is 5.75 Å². The second-order valence-electron chi connectivity index (χ2n) is 3.89. The fourth-order valence-corrected chi connectivity index (χ4v) is 1.90. The maximum atomic E-state index is 9.26. The van der Waals surface area contributed by atoms with Crippen molar-refractivity contribution in [3.8, 4) is 17.0 Å². The highest BCUT2D eigenvalue weighted by atomic mass is 16.3. The predicted octanol–water partition coefficient (Wildman–Crippen LogP) is 2.52. The number of benzene rings is 2. The van der Waals surface area contributed by atoms with Gasteiger partial charge in [0.15, 0.2) is 0 Å². The number of nitrogen functional groups attached to an aromatic ring is 1. The normalized spacial score (nSPS) is 10.8. The van der Waals surface area contributed by atoms with E-state index in [2.05, 4.69) is 10.2 Å². The average Bonchev–Trinajstić information content (AvgIpc) is 2.75. The van der Waals surface area contributed by atoms with E-state index in [1.165, 1.54) is 0 Å². The Labute approximate surface area is 97.7 Å². The summed E-state index contributed by atoms with van der Waals surface area (Å²) in [6.45, 7) is 0. The van der Waals surface area contributed by atoms with Crippen molar-refractivity contribution in [1.82, 2.24) is 10.2 Å². The number of aromatic nitrogens is 2. The van der Waals surface area contributed by atoms with Gasteiger partial charge in [0.1, 0.15) is 5.75 Å². The fourth-order valence-electron chi connectivity index (χ4n) is 1.90. The van der Waals surface area contributed by atoms with Crippen LogP contribution in [-0.4, -0.2) is 15.3 Å². The van der Waals surface area contributed by atoms with Crippen molar-refractivity contribution in [2.45, 2.75) is 0 Å². The summed E-state index contributed by atoms with van der Waals surface area (Å²) in [5, 5.41) is 17.4. The number of nitrogens with zero attached hydrogens (tertiary/aromatic N) is 1. The molecule has 0 aliphatic carbocycles. The second kappa shape index (κ2) is 3.52. The minimum atomic E-state index is 0.244. The lowest BCUT2D eigenvalue weighted by atomic mass is 10.1. The molecule has 0 saturated heterocycles. The fraction of sp³-hybridized carbons (Fsp3) is 0. The Morgan fingerprint density at radius 1 is 1.06 bits per heavy atom. The minimum Gasteiger partial charge on any atom is -0.508 e. The summed E-state index contributed by atoms with van der Waals surface area (Å²) in [5.41, 5.74) is 9.17. The third-order valence-electron chi connectivity index (χ3n) is 2.77. The topological polar surface area (TPSA) is 74.9 Å². The van der Waals surface area contributed by atoms with Crippen LogP contribution in [0, 0.1) is 0 Å². The second-order valence-corrected chi connectivity index (χ2v) is 3.89. The first-order chi connectivity index (χ1) is 8.25. The molecule has 3 aromatic rings. The number of phenolic OH excluding ortho intramolecular Hbond substituents is 1. The van der Waals surface area contributed by atoms with E-state index in [0.29, 0.717) is 5.69 Å². The summed E-state index contributed by atoms with van der Waals surface area (Å²) < 4.78 is 0. The highest BCUT2D eigenvalue weighted by molar-refractivity contribution is 5.98. The number of nitrogens with two attached hydrogens (primary N) is 1. The summed E-state index contributed by atoms with van der Waals surface area (Å²) >= 11 is 0. The lowest BCUT2D eigenvalue weighted by Crippen LogP contribution is -1.84. The maximum Gasteiger partial charge on any atom is 0.115 e. The molecule has 1 aromatic heterocycles. The highest BCUT2D eigenvalue weighted by Crippen LogP contribution is 2.29. The number of fused-ring (bicyclic) bond motifs is 1. The summed E-state index contributed by atoms with van der Waals surface area (Å²) in [4.78, 5) is 0.